The minimum Gasteiger partial charge on any atom is -0.345 e. The molecule has 1 atom stereocenters. The highest BCUT2D eigenvalue weighted by molar-refractivity contribution is 5.77. The Morgan fingerprint density at radius 3 is 2.87 bits per heavy atom. The van der Waals surface area contributed by atoms with Crippen molar-refractivity contribution in [2.24, 2.45) is 0 Å². The van der Waals surface area contributed by atoms with Gasteiger partial charge < -0.3 is 10.2 Å². The van der Waals surface area contributed by atoms with Crippen LogP contribution in [-0.2, 0) is 17.6 Å². The Balaban J connectivity index is 1.57. The molecule has 0 aliphatic carbocycles. The highest BCUT2D eigenvalue weighted by Crippen LogP contribution is 2.25. The second kappa shape index (κ2) is 7.38. The first kappa shape index (κ1) is 15.7. The van der Waals surface area contributed by atoms with Crippen LogP contribution in [0.3, 0.4) is 0 Å². The molecule has 4 heteroatoms. The lowest BCUT2D eigenvalue weighted by Gasteiger charge is -2.28. The van der Waals surface area contributed by atoms with Crippen molar-refractivity contribution >= 4 is 5.91 Å². The van der Waals surface area contributed by atoms with Gasteiger partial charge in [-0.1, -0.05) is 24.3 Å². The minimum absolute atomic E-state index is 0.135. The number of hydrogen-bond donors (Lipinski definition) is 1. The standard InChI is InChI=1S/C19H23N3O/c1-22(13-9-15-6-10-20-11-7-15)19(23)14-18-17-5-3-2-4-16(17)8-12-21-18/h2-7,10-11,18,21H,8-9,12-14H2,1H3. The number of likely N-dealkylation sites (N-methyl/N-ethyl adjacent to an activating group) is 1. The Morgan fingerprint density at radius 1 is 1.26 bits per heavy atom. The second-order valence-corrected chi connectivity index (χ2v) is 6.08. The third kappa shape index (κ3) is 3.96. The van der Waals surface area contributed by atoms with Gasteiger partial charge in [-0.15, -0.1) is 0 Å². The molecule has 1 aliphatic rings. The summed E-state index contributed by atoms with van der Waals surface area (Å²) < 4.78 is 0. The SMILES string of the molecule is CN(CCc1ccncc1)C(=O)CC1NCCc2ccccc21. The summed E-state index contributed by atoms with van der Waals surface area (Å²) in [6.07, 6.45) is 6.00. The highest BCUT2D eigenvalue weighted by atomic mass is 16.2. The number of nitrogens with zero attached hydrogens (tertiary/aromatic N) is 2. The molecule has 0 bridgehead atoms. The van der Waals surface area contributed by atoms with E-state index in [0.717, 1.165) is 25.9 Å². The zero-order chi connectivity index (χ0) is 16.1. The van der Waals surface area contributed by atoms with Crippen LogP contribution in [-0.4, -0.2) is 35.9 Å². The summed E-state index contributed by atoms with van der Waals surface area (Å²) in [5, 5.41) is 3.48. The van der Waals surface area contributed by atoms with Crippen LogP contribution in [0.2, 0.25) is 0 Å². The van der Waals surface area contributed by atoms with Crippen LogP contribution >= 0.6 is 0 Å². The van der Waals surface area contributed by atoms with Gasteiger partial charge in [-0.2, -0.15) is 0 Å². The van der Waals surface area contributed by atoms with Crippen molar-refractivity contribution in [3.8, 4) is 0 Å². The first-order chi connectivity index (χ1) is 11.2. The molecule has 3 rings (SSSR count). The molecule has 0 spiro atoms. The summed E-state index contributed by atoms with van der Waals surface area (Å²) in [4.78, 5) is 18.4. The van der Waals surface area contributed by atoms with Crippen LogP contribution in [0.5, 0.6) is 0 Å². The molecule has 0 radical (unpaired) electrons. The number of pyridine rings is 1. The number of fused-ring (bicyclic) bond motifs is 1. The van der Waals surface area contributed by atoms with E-state index in [1.165, 1.54) is 16.7 Å². The highest BCUT2D eigenvalue weighted by Gasteiger charge is 2.23. The lowest BCUT2D eigenvalue weighted by atomic mass is 9.92. The van der Waals surface area contributed by atoms with Gasteiger partial charge in [-0.3, -0.25) is 9.78 Å². The van der Waals surface area contributed by atoms with Crippen LogP contribution in [0.25, 0.3) is 0 Å². The normalized spacial score (nSPS) is 16.7. The smallest absolute Gasteiger partial charge is 0.224 e. The van der Waals surface area contributed by atoms with Crippen LogP contribution in [0.4, 0.5) is 0 Å². The summed E-state index contributed by atoms with van der Waals surface area (Å²) >= 11 is 0. The summed E-state index contributed by atoms with van der Waals surface area (Å²) in [5.74, 6) is 0.188. The van der Waals surface area contributed by atoms with Gasteiger partial charge in [0, 0.05) is 38.4 Å². The second-order valence-electron chi connectivity index (χ2n) is 6.08. The number of hydrogen-bond acceptors (Lipinski definition) is 3. The fourth-order valence-electron chi connectivity index (χ4n) is 3.08. The lowest BCUT2D eigenvalue weighted by Crippen LogP contribution is -2.36. The topological polar surface area (TPSA) is 45.2 Å². The monoisotopic (exact) mass is 309 g/mol. The van der Waals surface area contributed by atoms with Crippen molar-refractivity contribution in [2.45, 2.75) is 25.3 Å². The number of carbonyl (C=O) groups excluding carboxylic acids is 1. The average molecular weight is 309 g/mol. The fraction of sp³-hybridized carbons (Fsp3) is 0.368. The minimum atomic E-state index is 0.135. The molecule has 1 aromatic heterocycles. The molecule has 4 nitrogen and oxygen atoms in total. The molecule has 0 saturated carbocycles. The van der Waals surface area contributed by atoms with Crippen molar-refractivity contribution < 1.29 is 4.79 Å². The Hall–Kier alpha value is -2.20. The van der Waals surface area contributed by atoms with E-state index in [2.05, 4.69) is 34.6 Å². The van der Waals surface area contributed by atoms with Gasteiger partial charge in [-0.25, -0.2) is 0 Å². The molecule has 1 unspecified atom stereocenters. The van der Waals surface area contributed by atoms with Crippen molar-refractivity contribution in [3.63, 3.8) is 0 Å². The van der Waals surface area contributed by atoms with Gasteiger partial charge in [0.15, 0.2) is 0 Å². The summed E-state index contributed by atoms with van der Waals surface area (Å²) in [6.45, 7) is 1.67. The molecular weight excluding hydrogens is 286 g/mol. The predicted molar refractivity (Wildman–Crippen MR) is 91.1 cm³/mol. The molecule has 120 valence electrons. The van der Waals surface area contributed by atoms with Crippen molar-refractivity contribution in [3.05, 3.63) is 65.5 Å². The molecule has 0 fully saturated rings. The van der Waals surface area contributed by atoms with Crippen LogP contribution in [0, 0.1) is 0 Å². The quantitative estimate of drug-likeness (QED) is 0.922. The van der Waals surface area contributed by atoms with Gasteiger partial charge in [0.1, 0.15) is 0 Å². The first-order valence-corrected chi connectivity index (χ1v) is 8.18. The van der Waals surface area contributed by atoms with Crippen LogP contribution in [0.1, 0.15) is 29.2 Å². The van der Waals surface area contributed by atoms with E-state index in [1.54, 1.807) is 12.4 Å². The summed E-state index contributed by atoms with van der Waals surface area (Å²) in [5.41, 5.74) is 3.85. The van der Waals surface area contributed by atoms with E-state index >= 15 is 0 Å². The van der Waals surface area contributed by atoms with E-state index in [4.69, 9.17) is 0 Å². The molecule has 2 heterocycles. The number of amides is 1. The Bertz CT molecular complexity index is 657. The maximum absolute atomic E-state index is 12.5. The molecule has 23 heavy (non-hydrogen) atoms. The van der Waals surface area contributed by atoms with Crippen LogP contribution < -0.4 is 5.32 Å². The number of benzene rings is 1. The third-order valence-electron chi connectivity index (χ3n) is 4.51. The largest absolute Gasteiger partial charge is 0.345 e. The predicted octanol–water partition coefficient (Wildman–Crippen LogP) is 2.36. The van der Waals surface area contributed by atoms with Gasteiger partial charge in [0.2, 0.25) is 5.91 Å². The maximum Gasteiger partial charge on any atom is 0.224 e. The molecule has 0 saturated heterocycles. The molecule has 2 aromatic rings. The fourth-order valence-corrected chi connectivity index (χ4v) is 3.08. The number of nitrogens with one attached hydrogen (secondary N) is 1. The number of carbonyl (C=O) groups is 1. The van der Waals surface area contributed by atoms with Crippen LogP contribution in [0.15, 0.2) is 48.8 Å². The molecule has 1 amide bonds. The molecule has 1 N–H and O–H groups in total. The molecular formula is C19H23N3O. The zero-order valence-corrected chi connectivity index (χ0v) is 13.5. The van der Waals surface area contributed by atoms with E-state index in [-0.39, 0.29) is 11.9 Å². The molecule has 1 aliphatic heterocycles. The first-order valence-electron chi connectivity index (χ1n) is 8.18. The Kier molecular flexibility index (Phi) is 5.03. The Morgan fingerprint density at radius 2 is 2.04 bits per heavy atom. The van der Waals surface area contributed by atoms with Crippen molar-refractivity contribution in [1.82, 2.24) is 15.2 Å². The van der Waals surface area contributed by atoms with Crippen molar-refractivity contribution in [1.29, 1.82) is 0 Å². The van der Waals surface area contributed by atoms with Gasteiger partial charge >= 0.3 is 0 Å². The van der Waals surface area contributed by atoms with E-state index < -0.39 is 0 Å². The average Bonchev–Trinajstić information content (AvgIpc) is 2.61. The number of rotatable bonds is 5. The van der Waals surface area contributed by atoms with E-state index in [1.807, 2.05) is 24.1 Å². The van der Waals surface area contributed by atoms with Gasteiger partial charge in [0.25, 0.3) is 0 Å². The number of aromatic nitrogens is 1. The maximum atomic E-state index is 12.5. The van der Waals surface area contributed by atoms with Crippen molar-refractivity contribution in [2.75, 3.05) is 20.1 Å². The van der Waals surface area contributed by atoms with Gasteiger partial charge in [-0.05, 0) is 48.2 Å². The lowest BCUT2D eigenvalue weighted by molar-refractivity contribution is -0.130. The van der Waals surface area contributed by atoms with Gasteiger partial charge in [0.05, 0.1) is 0 Å². The summed E-state index contributed by atoms with van der Waals surface area (Å²) in [6, 6.07) is 12.6. The summed E-state index contributed by atoms with van der Waals surface area (Å²) in [7, 11) is 1.89. The van der Waals surface area contributed by atoms with E-state index in [0.29, 0.717) is 6.42 Å². The molecule has 1 aromatic carbocycles. The van der Waals surface area contributed by atoms with E-state index in [9.17, 15) is 4.79 Å². The Labute approximate surface area is 137 Å². The third-order valence-corrected chi connectivity index (χ3v) is 4.51. The zero-order valence-electron chi connectivity index (χ0n) is 13.5.